The lowest BCUT2D eigenvalue weighted by atomic mass is 10.2. The number of nitro groups is 1. The van der Waals surface area contributed by atoms with Gasteiger partial charge in [-0.3, -0.25) is 9.47 Å². The van der Waals surface area contributed by atoms with E-state index in [2.05, 4.69) is 19.5 Å². The van der Waals surface area contributed by atoms with Crippen LogP contribution in [0.1, 0.15) is 17.5 Å². The molecule has 0 saturated carbocycles. The molecule has 4 heterocycles. The van der Waals surface area contributed by atoms with Crippen LogP contribution in [0.2, 0.25) is 0 Å². The van der Waals surface area contributed by atoms with Crippen molar-refractivity contribution in [3.63, 3.8) is 0 Å². The Bertz CT molecular complexity index is 1900. The van der Waals surface area contributed by atoms with E-state index < -0.39 is 11.3 Å². The normalized spacial score (nSPS) is 16.6. The number of benzene rings is 3. The Morgan fingerprint density at radius 1 is 0.878 bits per heavy atom. The predicted molar refractivity (Wildman–Crippen MR) is 169 cm³/mol. The number of rotatable bonds is 11. The molecule has 0 bridgehead atoms. The summed E-state index contributed by atoms with van der Waals surface area (Å²) in [6.45, 7) is 4.94. The van der Waals surface area contributed by atoms with Crippen LogP contribution in [0.25, 0.3) is 11.1 Å². The number of imidazole rings is 1. The van der Waals surface area contributed by atoms with Crippen LogP contribution >= 0.6 is 0 Å². The van der Waals surface area contributed by atoms with Crippen molar-refractivity contribution in [3.8, 4) is 23.3 Å². The summed E-state index contributed by atoms with van der Waals surface area (Å²) in [4.78, 5) is 23.6. The van der Waals surface area contributed by atoms with Crippen molar-refractivity contribution in [1.82, 2.24) is 19.4 Å². The number of anilines is 1. The zero-order valence-corrected chi connectivity index (χ0v) is 26.0. The van der Waals surface area contributed by atoms with Gasteiger partial charge in [0.15, 0.2) is 5.58 Å². The molecule has 0 aliphatic carbocycles. The van der Waals surface area contributed by atoms with E-state index in [4.69, 9.17) is 23.6 Å². The van der Waals surface area contributed by atoms with Crippen LogP contribution in [-0.2, 0) is 19.7 Å². The van der Waals surface area contributed by atoms with E-state index in [0.29, 0.717) is 41.6 Å². The summed E-state index contributed by atoms with van der Waals surface area (Å²) in [6, 6.07) is 19.6. The SMILES string of the molecule is O=[N+]([O-])c1cn2c(n1)O[C@@H](COc1ccc3oc(N4CCN(Cc5ccc(OCc6ccc(OC(F)(F)F)cc6)cc5)CC4)nc3c1)CC2. The number of alkyl halides is 3. The summed E-state index contributed by atoms with van der Waals surface area (Å²) >= 11 is 0. The molecule has 0 amide bonds. The molecule has 1 saturated heterocycles. The van der Waals surface area contributed by atoms with Crippen LogP contribution in [-0.4, -0.2) is 69.6 Å². The fourth-order valence-electron chi connectivity index (χ4n) is 5.65. The minimum atomic E-state index is -4.72. The zero-order chi connectivity index (χ0) is 34.0. The van der Waals surface area contributed by atoms with E-state index in [0.717, 1.165) is 43.9 Å². The summed E-state index contributed by atoms with van der Waals surface area (Å²) in [5, 5.41) is 11.0. The van der Waals surface area contributed by atoms with Gasteiger partial charge in [-0.25, -0.2) is 0 Å². The number of oxazole rings is 1. The Labute approximate surface area is 277 Å². The van der Waals surface area contributed by atoms with Crippen molar-refractivity contribution in [1.29, 1.82) is 0 Å². The van der Waals surface area contributed by atoms with Crippen molar-refractivity contribution < 1.29 is 41.5 Å². The number of fused-ring (bicyclic) bond motifs is 2. The lowest BCUT2D eigenvalue weighted by Gasteiger charge is -2.33. The standard InChI is InChI=1S/C33H31F3N6O7/c34-33(35,36)49-25-7-3-23(4-8-25)20-45-24-5-1-22(2-6-24)18-39-13-15-40(16-14-39)31-37-28-17-26(9-10-29(28)48-31)46-21-27-11-12-41-19-30(42(43)44)38-32(41)47-27/h1-10,17,19,27H,11-16,18,20-21H2/t27-/m1/s1. The molecule has 256 valence electrons. The maximum atomic E-state index is 12.4. The second kappa shape index (κ2) is 13.5. The molecule has 2 aliphatic rings. The molecule has 0 unspecified atom stereocenters. The third kappa shape index (κ3) is 7.97. The van der Waals surface area contributed by atoms with Gasteiger partial charge in [-0.2, -0.15) is 4.98 Å². The van der Waals surface area contributed by atoms with Crippen LogP contribution in [0.4, 0.5) is 25.0 Å². The largest absolute Gasteiger partial charge is 0.573 e. The summed E-state index contributed by atoms with van der Waals surface area (Å²) in [6.07, 6.45) is -3.00. The first-order valence-corrected chi connectivity index (χ1v) is 15.6. The monoisotopic (exact) mass is 680 g/mol. The second-order valence-electron chi connectivity index (χ2n) is 11.7. The number of nitrogens with zero attached hydrogens (tertiary/aromatic N) is 6. The number of aromatic nitrogens is 3. The van der Waals surface area contributed by atoms with Gasteiger partial charge in [-0.05, 0) is 52.4 Å². The van der Waals surface area contributed by atoms with Gasteiger partial charge in [0.25, 0.3) is 6.01 Å². The van der Waals surface area contributed by atoms with E-state index in [9.17, 15) is 23.3 Å². The van der Waals surface area contributed by atoms with Crippen molar-refractivity contribution in [2.75, 3.05) is 37.7 Å². The van der Waals surface area contributed by atoms with Crippen LogP contribution in [0.15, 0.2) is 77.3 Å². The highest BCUT2D eigenvalue weighted by Crippen LogP contribution is 2.29. The smallest absolute Gasteiger partial charge is 0.490 e. The van der Waals surface area contributed by atoms with Gasteiger partial charge in [-0.15, -0.1) is 13.2 Å². The molecule has 0 N–H and O–H groups in total. The maximum Gasteiger partial charge on any atom is 0.573 e. The summed E-state index contributed by atoms with van der Waals surface area (Å²) in [7, 11) is 0. The van der Waals surface area contributed by atoms with Crippen molar-refractivity contribution in [3.05, 3.63) is 94.2 Å². The fourth-order valence-corrected chi connectivity index (χ4v) is 5.65. The quantitative estimate of drug-likeness (QED) is 0.121. The molecule has 2 aliphatic heterocycles. The van der Waals surface area contributed by atoms with Gasteiger partial charge in [0.05, 0.1) is 0 Å². The molecule has 0 radical (unpaired) electrons. The van der Waals surface area contributed by atoms with Gasteiger partial charge in [0, 0.05) is 56.7 Å². The van der Waals surface area contributed by atoms with Crippen LogP contribution < -0.4 is 23.8 Å². The van der Waals surface area contributed by atoms with Crippen molar-refractivity contribution in [2.24, 2.45) is 0 Å². The topological polar surface area (TPSA) is 130 Å². The lowest BCUT2D eigenvalue weighted by Crippen LogP contribution is -2.46. The molecular weight excluding hydrogens is 649 g/mol. The van der Waals surface area contributed by atoms with Gasteiger partial charge in [0.2, 0.25) is 0 Å². The zero-order valence-electron chi connectivity index (χ0n) is 26.0. The number of halogens is 3. The minimum Gasteiger partial charge on any atom is -0.490 e. The maximum absolute atomic E-state index is 12.4. The Morgan fingerprint density at radius 2 is 1.59 bits per heavy atom. The Morgan fingerprint density at radius 3 is 2.33 bits per heavy atom. The number of aryl methyl sites for hydroxylation is 1. The highest BCUT2D eigenvalue weighted by molar-refractivity contribution is 5.76. The van der Waals surface area contributed by atoms with Crippen LogP contribution in [0.3, 0.4) is 0 Å². The molecular formula is C33H31F3N6O7. The van der Waals surface area contributed by atoms with E-state index >= 15 is 0 Å². The summed E-state index contributed by atoms with van der Waals surface area (Å²) in [5.41, 5.74) is 3.19. The predicted octanol–water partition coefficient (Wildman–Crippen LogP) is 5.96. The highest BCUT2D eigenvalue weighted by Gasteiger charge is 2.31. The van der Waals surface area contributed by atoms with Gasteiger partial charge >= 0.3 is 18.2 Å². The molecule has 0 spiro atoms. The molecule has 2 aromatic heterocycles. The van der Waals surface area contributed by atoms with Gasteiger partial charge < -0.3 is 38.4 Å². The van der Waals surface area contributed by atoms with Crippen molar-refractivity contribution in [2.45, 2.75) is 38.6 Å². The first-order chi connectivity index (χ1) is 23.6. The minimum absolute atomic E-state index is 0.219. The Balaban J connectivity index is 0.859. The van der Waals surface area contributed by atoms with Gasteiger partial charge in [-0.1, -0.05) is 24.3 Å². The number of ether oxygens (including phenoxy) is 4. The third-order valence-electron chi connectivity index (χ3n) is 8.20. The van der Waals surface area contributed by atoms with Crippen molar-refractivity contribution >= 4 is 22.9 Å². The summed E-state index contributed by atoms with van der Waals surface area (Å²) < 4.78 is 66.2. The average Bonchev–Trinajstić information content (AvgIpc) is 3.72. The Kier molecular flexibility index (Phi) is 8.86. The molecule has 13 nitrogen and oxygen atoms in total. The number of hydrogen-bond donors (Lipinski definition) is 0. The highest BCUT2D eigenvalue weighted by atomic mass is 19.4. The van der Waals surface area contributed by atoms with E-state index in [1.165, 1.54) is 30.5 Å². The first-order valence-electron chi connectivity index (χ1n) is 15.6. The molecule has 49 heavy (non-hydrogen) atoms. The first kappa shape index (κ1) is 32.1. The van der Waals surface area contributed by atoms with E-state index in [-0.39, 0.29) is 36.9 Å². The molecule has 5 aromatic rings. The average molecular weight is 681 g/mol. The summed E-state index contributed by atoms with van der Waals surface area (Å²) in [5.74, 6) is 0.770. The second-order valence-corrected chi connectivity index (χ2v) is 11.7. The molecule has 1 atom stereocenters. The third-order valence-corrected chi connectivity index (χ3v) is 8.20. The van der Waals surface area contributed by atoms with E-state index in [1.54, 1.807) is 4.57 Å². The van der Waals surface area contributed by atoms with Crippen LogP contribution in [0.5, 0.6) is 23.3 Å². The fraction of sp³-hybridized carbons (Fsp3) is 0.333. The van der Waals surface area contributed by atoms with Gasteiger partial charge in [0.1, 0.15) is 48.3 Å². The number of hydrogen-bond acceptors (Lipinski definition) is 11. The Hall–Kier alpha value is -5.51. The molecule has 1 fully saturated rings. The molecule has 16 heteroatoms. The van der Waals surface area contributed by atoms with E-state index in [1.807, 2.05) is 42.5 Å². The molecule has 7 rings (SSSR count). The van der Waals surface area contributed by atoms with Crippen LogP contribution in [0, 0.1) is 10.1 Å². The lowest BCUT2D eigenvalue weighted by molar-refractivity contribution is -0.389. The number of piperazine rings is 1. The molecule has 3 aromatic carbocycles.